The predicted molar refractivity (Wildman–Crippen MR) is 133 cm³/mol. The van der Waals surface area contributed by atoms with Gasteiger partial charge in [-0.2, -0.15) is 0 Å². The zero-order valence-corrected chi connectivity index (χ0v) is 20.3. The van der Waals surface area contributed by atoms with Crippen molar-refractivity contribution in [2.24, 2.45) is 0 Å². The monoisotopic (exact) mass is 530 g/mol. The van der Waals surface area contributed by atoms with Crippen molar-refractivity contribution in [3.8, 4) is 11.5 Å². The van der Waals surface area contributed by atoms with Crippen LogP contribution in [0.3, 0.4) is 0 Å². The van der Waals surface area contributed by atoms with Gasteiger partial charge in [-0.15, -0.1) is 0 Å². The summed E-state index contributed by atoms with van der Waals surface area (Å²) in [7, 11) is 0. The van der Waals surface area contributed by atoms with Crippen LogP contribution in [0.1, 0.15) is 17.5 Å². The molecular weight excluding hydrogens is 504 g/mol. The smallest absolute Gasteiger partial charge is 0.412 e. The number of rotatable bonds is 13. The third-order valence-corrected chi connectivity index (χ3v) is 5.03. The first kappa shape index (κ1) is 27.9. The molecule has 14 nitrogen and oxygen atoms in total. The van der Waals surface area contributed by atoms with Gasteiger partial charge in [0, 0.05) is 43.9 Å². The lowest BCUT2D eigenvalue weighted by molar-refractivity contribution is -0.136. The molecule has 0 spiro atoms. The van der Waals surface area contributed by atoms with E-state index in [0.29, 0.717) is 10.8 Å². The number of nitrogens with one attached hydrogen (secondary N) is 4. The summed E-state index contributed by atoms with van der Waals surface area (Å²) < 4.78 is 16.8. The Morgan fingerprint density at radius 2 is 1.26 bits per heavy atom. The highest BCUT2D eigenvalue weighted by Gasteiger charge is 2.24. The van der Waals surface area contributed by atoms with Crippen LogP contribution in [0.15, 0.2) is 34.7 Å². The predicted octanol–water partition coefficient (Wildman–Crippen LogP) is 1.31. The van der Waals surface area contributed by atoms with Gasteiger partial charge in [-0.25, -0.2) is 9.59 Å². The van der Waals surface area contributed by atoms with E-state index >= 15 is 0 Å². The first-order valence-corrected chi connectivity index (χ1v) is 11.4. The quantitative estimate of drug-likeness (QED) is 0.137. The van der Waals surface area contributed by atoms with Crippen molar-refractivity contribution in [2.75, 3.05) is 39.3 Å². The Labute approximate surface area is 215 Å². The van der Waals surface area contributed by atoms with Gasteiger partial charge in [-0.3, -0.25) is 14.4 Å². The first-order valence-electron chi connectivity index (χ1n) is 11.4. The molecule has 38 heavy (non-hydrogen) atoms. The van der Waals surface area contributed by atoms with Crippen LogP contribution >= 0.6 is 0 Å². The average Bonchev–Trinajstić information content (AvgIpc) is 3.31. The number of carbonyl (C=O) groups is 5. The molecule has 0 unspecified atom stereocenters. The second kappa shape index (κ2) is 13.0. The normalized spacial score (nSPS) is 10.8. The number of Topliss-reactive ketones (excluding diaryl/α,β-unsaturated/α-hetero) is 1. The van der Waals surface area contributed by atoms with Crippen LogP contribution in [0.2, 0.25) is 0 Å². The van der Waals surface area contributed by atoms with Crippen LogP contribution < -0.4 is 30.7 Å². The number of carboxylic acids is 2. The fraction of sp³-hybridized carbons (Fsp3) is 0.292. The highest BCUT2D eigenvalue weighted by molar-refractivity contribution is 6.12. The molecule has 2 amide bonds. The molecule has 1 aromatic heterocycles. The molecule has 0 radical (unpaired) electrons. The average molecular weight is 530 g/mol. The fourth-order valence-corrected chi connectivity index (χ4v) is 3.41. The highest BCUT2D eigenvalue weighted by atomic mass is 16.6. The van der Waals surface area contributed by atoms with E-state index in [4.69, 9.17) is 24.1 Å². The van der Waals surface area contributed by atoms with Crippen molar-refractivity contribution in [1.29, 1.82) is 0 Å². The Hall–Kier alpha value is -4.69. The van der Waals surface area contributed by atoms with E-state index in [1.807, 2.05) is 0 Å². The number of furan rings is 1. The van der Waals surface area contributed by atoms with Gasteiger partial charge in [0.2, 0.25) is 0 Å². The van der Waals surface area contributed by atoms with Crippen molar-refractivity contribution in [3.63, 3.8) is 0 Å². The maximum absolute atomic E-state index is 12.5. The molecule has 0 aliphatic heterocycles. The molecule has 1 heterocycles. The highest BCUT2D eigenvalue weighted by Crippen LogP contribution is 2.44. The summed E-state index contributed by atoms with van der Waals surface area (Å²) in [4.78, 5) is 58.2. The number of fused-ring (bicyclic) bond motifs is 2. The maximum Gasteiger partial charge on any atom is 0.412 e. The van der Waals surface area contributed by atoms with E-state index in [0.717, 1.165) is 0 Å². The van der Waals surface area contributed by atoms with E-state index in [9.17, 15) is 24.0 Å². The van der Waals surface area contributed by atoms with Crippen molar-refractivity contribution < 1.29 is 48.1 Å². The molecular formula is C24H26N4O10. The number of benzene rings is 2. The molecule has 2 aromatic carbocycles. The minimum atomic E-state index is -1.04. The molecule has 0 bridgehead atoms. The second-order valence-electron chi connectivity index (χ2n) is 7.89. The number of hydrogen-bond donors (Lipinski definition) is 6. The molecule has 0 saturated heterocycles. The second-order valence-corrected chi connectivity index (χ2v) is 7.89. The molecule has 0 saturated carbocycles. The number of hydrogen-bond acceptors (Lipinski definition) is 10. The molecule has 0 aliphatic carbocycles. The number of ether oxygens (including phenoxy) is 2. The van der Waals surface area contributed by atoms with E-state index < -0.39 is 29.9 Å². The first-order chi connectivity index (χ1) is 18.2. The number of carboxylic acid groups (broad SMARTS) is 2. The summed E-state index contributed by atoms with van der Waals surface area (Å²) in [6.45, 7) is 1.28. The van der Waals surface area contributed by atoms with Crippen LogP contribution in [0, 0.1) is 0 Å². The third-order valence-electron chi connectivity index (χ3n) is 5.03. The molecule has 3 aromatic rings. The lowest BCUT2D eigenvalue weighted by Gasteiger charge is -2.14. The summed E-state index contributed by atoms with van der Waals surface area (Å²) >= 11 is 0. The zero-order valence-electron chi connectivity index (χ0n) is 20.3. The number of amides is 2. The van der Waals surface area contributed by atoms with Crippen molar-refractivity contribution in [2.45, 2.75) is 6.92 Å². The van der Waals surface area contributed by atoms with Gasteiger partial charge >= 0.3 is 24.1 Å². The number of aliphatic carboxylic acids is 2. The largest absolute Gasteiger partial charge is 0.480 e. The Kier molecular flexibility index (Phi) is 9.56. The molecule has 202 valence electrons. The fourth-order valence-electron chi connectivity index (χ4n) is 3.41. The Morgan fingerprint density at radius 3 is 1.76 bits per heavy atom. The van der Waals surface area contributed by atoms with Gasteiger partial charge in [-0.1, -0.05) is 24.3 Å². The van der Waals surface area contributed by atoms with Gasteiger partial charge in [0.1, 0.15) is 0 Å². The Morgan fingerprint density at radius 1 is 0.763 bits per heavy atom. The lowest BCUT2D eigenvalue weighted by atomic mass is 10.1. The van der Waals surface area contributed by atoms with Crippen molar-refractivity contribution in [3.05, 3.63) is 36.1 Å². The van der Waals surface area contributed by atoms with Crippen LogP contribution in [0.25, 0.3) is 21.7 Å². The summed E-state index contributed by atoms with van der Waals surface area (Å²) in [5.74, 6) is -2.48. The minimum Gasteiger partial charge on any atom is -0.480 e. The molecule has 0 aliphatic rings. The van der Waals surface area contributed by atoms with Gasteiger partial charge in [0.15, 0.2) is 28.6 Å². The lowest BCUT2D eigenvalue weighted by Crippen LogP contribution is -2.35. The van der Waals surface area contributed by atoms with Crippen LogP contribution in [-0.4, -0.2) is 79.4 Å². The van der Waals surface area contributed by atoms with Gasteiger partial charge in [-0.05, 0) is 6.07 Å². The Bertz CT molecular complexity index is 1270. The van der Waals surface area contributed by atoms with E-state index in [1.165, 1.54) is 13.0 Å². The van der Waals surface area contributed by atoms with Crippen LogP contribution in [-0.2, 0) is 9.59 Å². The van der Waals surface area contributed by atoms with Crippen LogP contribution in [0.4, 0.5) is 9.59 Å². The standard InChI is InChI=1S/C24H26N4O10/c1-13(29)17-10-16-20(37-23(34)27-8-6-25-11-18(30)31)14-4-2-3-5-15(14)21(22(16)36-17)38-24(35)28-9-7-26-12-19(32)33/h2-5,10,25-26H,6-9,11-12H2,1H3,(H,27,34)(H,28,35)(H,30,31)(H,32,33). The summed E-state index contributed by atoms with van der Waals surface area (Å²) in [5, 5.41) is 28.5. The molecule has 0 atom stereocenters. The summed E-state index contributed by atoms with van der Waals surface area (Å²) in [6, 6.07) is 7.97. The van der Waals surface area contributed by atoms with E-state index in [2.05, 4.69) is 21.3 Å². The van der Waals surface area contributed by atoms with Crippen molar-refractivity contribution in [1.82, 2.24) is 21.3 Å². The number of carbonyl (C=O) groups excluding carboxylic acids is 3. The third kappa shape index (κ3) is 7.41. The Balaban J connectivity index is 1.87. The van der Waals surface area contributed by atoms with Gasteiger partial charge in [0.05, 0.1) is 18.5 Å². The molecule has 6 N–H and O–H groups in total. The van der Waals surface area contributed by atoms with E-state index in [-0.39, 0.29) is 67.5 Å². The van der Waals surface area contributed by atoms with Crippen molar-refractivity contribution >= 4 is 51.7 Å². The summed E-state index contributed by atoms with van der Waals surface area (Å²) in [5.41, 5.74) is -0.000947. The zero-order chi connectivity index (χ0) is 27.7. The number of ketones is 1. The summed E-state index contributed by atoms with van der Waals surface area (Å²) in [6.07, 6.45) is -1.69. The topological polar surface area (TPSA) is 206 Å². The van der Waals surface area contributed by atoms with E-state index in [1.54, 1.807) is 24.3 Å². The molecule has 0 fully saturated rings. The SMILES string of the molecule is CC(=O)c1cc2c(OC(=O)NCCNCC(=O)O)c3ccccc3c(OC(=O)NCCNCC(=O)O)c2o1. The van der Waals surface area contributed by atoms with Gasteiger partial charge < -0.3 is 45.4 Å². The van der Waals surface area contributed by atoms with Gasteiger partial charge in [0.25, 0.3) is 0 Å². The maximum atomic E-state index is 12.5. The molecule has 14 heteroatoms. The molecule has 3 rings (SSSR count). The van der Waals surface area contributed by atoms with Crippen LogP contribution in [0.5, 0.6) is 11.5 Å². The minimum absolute atomic E-state index is 0.000947.